The molecule has 0 aromatic heterocycles. The predicted octanol–water partition coefficient (Wildman–Crippen LogP) is 1.55. The smallest absolute Gasteiger partial charge is 0.243 e. The average molecular weight is 314 g/mol. The quantitative estimate of drug-likeness (QED) is 0.425. The van der Waals surface area contributed by atoms with Gasteiger partial charge in [0, 0.05) is 32.9 Å². The summed E-state index contributed by atoms with van der Waals surface area (Å²) < 4.78 is 0. The van der Waals surface area contributed by atoms with Crippen molar-refractivity contribution in [2.24, 2.45) is 10.9 Å². The second kappa shape index (κ2) is 10.8. The highest BCUT2D eigenvalue weighted by Crippen LogP contribution is 2.22. The van der Waals surface area contributed by atoms with Gasteiger partial charge in [0.2, 0.25) is 5.91 Å². The molecule has 1 saturated carbocycles. The molecule has 6 heteroatoms. The van der Waals surface area contributed by atoms with E-state index in [0.717, 1.165) is 30.7 Å². The highest BCUT2D eigenvalue weighted by Gasteiger charge is 2.13. The van der Waals surface area contributed by atoms with Crippen molar-refractivity contribution < 1.29 is 4.79 Å². The lowest BCUT2D eigenvalue weighted by Crippen LogP contribution is -2.41. The van der Waals surface area contributed by atoms with Crippen molar-refractivity contribution in [3.63, 3.8) is 0 Å². The topological polar surface area (TPSA) is 56.7 Å². The maximum absolute atomic E-state index is 11.6. The lowest BCUT2D eigenvalue weighted by Gasteiger charge is -2.23. The van der Waals surface area contributed by atoms with Crippen molar-refractivity contribution >= 4 is 23.6 Å². The van der Waals surface area contributed by atoms with E-state index in [2.05, 4.69) is 21.9 Å². The molecule has 0 saturated heterocycles. The third kappa shape index (κ3) is 8.19. The fourth-order valence-electron chi connectivity index (χ4n) is 2.37. The normalized spacial score (nSPS) is 16.6. The van der Waals surface area contributed by atoms with E-state index in [0.29, 0.717) is 0 Å². The number of amides is 1. The van der Waals surface area contributed by atoms with Gasteiger partial charge in [-0.05, 0) is 25.0 Å². The molecule has 0 aliphatic heterocycles. The van der Waals surface area contributed by atoms with Crippen LogP contribution in [0.1, 0.15) is 32.1 Å². The molecule has 122 valence electrons. The van der Waals surface area contributed by atoms with Gasteiger partial charge in [-0.2, -0.15) is 11.8 Å². The van der Waals surface area contributed by atoms with Crippen molar-refractivity contribution in [2.45, 2.75) is 32.1 Å². The molecule has 2 N–H and O–H groups in total. The van der Waals surface area contributed by atoms with Crippen molar-refractivity contribution in [1.29, 1.82) is 0 Å². The fourth-order valence-corrected chi connectivity index (χ4v) is 2.67. The summed E-state index contributed by atoms with van der Waals surface area (Å²) in [4.78, 5) is 17.6. The van der Waals surface area contributed by atoms with Crippen LogP contribution in [0.4, 0.5) is 0 Å². The molecular formula is C15H30N4OS. The monoisotopic (exact) mass is 314 g/mol. The minimum absolute atomic E-state index is 0.0265. The zero-order valence-electron chi connectivity index (χ0n) is 13.7. The Hall–Kier alpha value is -0.910. The van der Waals surface area contributed by atoms with Crippen LogP contribution in [0.15, 0.2) is 4.99 Å². The molecule has 0 spiro atoms. The number of carbonyl (C=O) groups excluding carboxylic acids is 1. The first-order chi connectivity index (χ1) is 10.1. The van der Waals surface area contributed by atoms with Crippen molar-refractivity contribution in [2.75, 3.05) is 45.7 Å². The number of hydrogen-bond acceptors (Lipinski definition) is 3. The molecule has 1 rings (SSSR count). The van der Waals surface area contributed by atoms with Crippen LogP contribution in [0.5, 0.6) is 0 Å². The summed E-state index contributed by atoms with van der Waals surface area (Å²) >= 11 is 1.80. The molecule has 1 aliphatic rings. The van der Waals surface area contributed by atoms with Gasteiger partial charge in [0.15, 0.2) is 5.96 Å². The Labute approximate surface area is 133 Å². The molecule has 21 heavy (non-hydrogen) atoms. The summed E-state index contributed by atoms with van der Waals surface area (Å²) in [7, 11) is 3.52. The third-order valence-corrected chi connectivity index (χ3v) is 4.37. The van der Waals surface area contributed by atoms with E-state index < -0.39 is 0 Å². The average Bonchev–Trinajstić information content (AvgIpc) is 2.50. The van der Waals surface area contributed by atoms with E-state index in [9.17, 15) is 4.79 Å². The van der Waals surface area contributed by atoms with Crippen LogP contribution in [0, 0.1) is 5.92 Å². The number of aliphatic imine (C=N–C) groups is 1. The zero-order chi connectivity index (χ0) is 15.5. The van der Waals surface area contributed by atoms with Crippen LogP contribution in [0.2, 0.25) is 0 Å². The number of rotatable bonds is 7. The molecule has 0 aromatic carbocycles. The summed E-state index contributed by atoms with van der Waals surface area (Å²) in [6.07, 6.45) is 8.77. The standard InChI is InChI=1S/C15H30N4OS/c1-19(2)14(20)12-18-15(16-9-10-21-3)17-11-13-7-5-4-6-8-13/h13H,4-12H2,1-3H3,(H2,16,17,18). The van der Waals surface area contributed by atoms with E-state index in [1.807, 2.05) is 0 Å². The van der Waals surface area contributed by atoms with Gasteiger partial charge in [-0.15, -0.1) is 0 Å². The molecule has 1 fully saturated rings. The Morgan fingerprint density at radius 2 is 1.95 bits per heavy atom. The minimum atomic E-state index is 0.0265. The first-order valence-corrected chi connectivity index (χ1v) is 9.24. The summed E-state index contributed by atoms with van der Waals surface area (Å²) in [6.45, 7) is 2.03. The van der Waals surface area contributed by atoms with E-state index in [-0.39, 0.29) is 12.5 Å². The summed E-state index contributed by atoms with van der Waals surface area (Å²) in [5.41, 5.74) is 0. The van der Waals surface area contributed by atoms with E-state index in [4.69, 9.17) is 0 Å². The Morgan fingerprint density at radius 3 is 2.57 bits per heavy atom. The number of nitrogens with one attached hydrogen (secondary N) is 2. The number of thioether (sulfide) groups is 1. The third-order valence-electron chi connectivity index (χ3n) is 3.75. The predicted molar refractivity (Wildman–Crippen MR) is 92.0 cm³/mol. The maximum Gasteiger partial charge on any atom is 0.243 e. The molecule has 0 unspecified atom stereocenters. The largest absolute Gasteiger partial charge is 0.356 e. The number of nitrogens with zero attached hydrogens (tertiary/aromatic N) is 2. The van der Waals surface area contributed by atoms with Crippen LogP contribution >= 0.6 is 11.8 Å². The van der Waals surface area contributed by atoms with Crippen LogP contribution in [-0.2, 0) is 4.79 Å². The molecule has 5 nitrogen and oxygen atoms in total. The van der Waals surface area contributed by atoms with E-state index in [1.54, 1.807) is 30.8 Å². The van der Waals surface area contributed by atoms with Gasteiger partial charge in [0.25, 0.3) is 0 Å². The highest BCUT2D eigenvalue weighted by molar-refractivity contribution is 7.98. The summed E-state index contributed by atoms with van der Waals surface area (Å²) in [5, 5.41) is 6.70. The van der Waals surface area contributed by atoms with E-state index >= 15 is 0 Å². The van der Waals surface area contributed by atoms with Gasteiger partial charge in [0.1, 0.15) is 6.54 Å². The number of guanidine groups is 1. The second-order valence-electron chi connectivity index (χ2n) is 5.76. The molecule has 1 amide bonds. The van der Waals surface area contributed by atoms with E-state index in [1.165, 1.54) is 32.1 Å². The SMILES string of the molecule is CSCCNC(=NCC(=O)N(C)C)NCC1CCCCC1. The van der Waals surface area contributed by atoms with Crippen LogP contribution in [0.3, 0.4) is 0 Å². The Balaban J connectivity index is 2.42. The first kappa shape index (κ1) is 18.1. The maximum atomic E-state index is 11.6. The van der Waals surface area contributed by atoms with Crippen LogP contribution in [-0.4, -0.2) is 62.5 Å². The van der Waals surface area contributed by atoms with Crippen LogP contribution < -0.4 is 10.6 Å². The fraction of sp³-hybridized carbons (Fsp3) is 0.867. The Bertz CT molecular complexity index is 328. The molecule has 1 aliphatic carbocycles. The molecular weight excluding hydrogens is 284 g/mol. The van der Waals surface area contributed by atoms with Crippen LogP contribution in [0.25, 0.3) is 0 Å². The Morgan fingerprint density at radius 1 is 1.24 bits per heavy atom. The second-order valence-corrected chi connectivity index (χ2v) is 6.74. The van der Waals surface area contributed by atoms with Gasteiger partial charge >= 0.3 is 0 Å². The zero-order valence-corrected chi connectivity index (χ0v) is 14.5. The molecule has 0 radical (unpaired) electrons. The number of carbonyl (C=O) groups is 1. The minimum Gasteiger partial charge on any atom is -0.356 e. The van der Waals surface area contributed by atoms with Crippen molar-refractivity contribution in [3.8, 4) is 0 Å². The van der Waals surface area contributed by atoms with Crippen molar-refractivity contribution in [1.82, 2.24) is 15.5 Å². The molecule has 0 atom stereocenters. The summed E-state index contributed by atoms with van der Waals surface area (Å²) in [6, 6.07) is 0. The first-order valence-electron chi connectivity index (χ1n) is 7.84. The van der Waals surface area contributed by atoms with Gasteiger partial charge < -0.3 is 15.5 Å². The lowest BCUT2D eigenvalue weighted by atomic mass is 9.89. The molecule has 0 heterocycles. The summed E-state index contributed by atoms with van der Waals surface area (Å²) in [5.74, 6) is 2.57. The number of likely N-dealkylation sites (N-methyl/N-ethyl adjacent to an activating group) is 1. The molecule has 0 bridgehead atoms. The van der Waals surface area contributed by atoms with Crippen molar-refractivity contribution in [3.05, 3.63) is 0 Å². The van der Waals surface area contributed by atoms with Gasteiger partial charge in [-0.25, -0.2) is 4.99 Å². The number of hydrogen-bond donors (Lipinski definition) is 2. The van der Waals surface area contributed by atoms with Gasteiger partial charge in [0.05, 0.1) is 0 Å². The highest BCUT2D eigenvalue weighted by atomic mass is 32.2. The Kier molecular flexibility index (Phi) is 9.30. The van der Waals surface area contributed by atoms with Gasteiger partial charge in [-0.3, -0.25) is 4.79 Å². The lowest BCUT2D eigenvalue weighted by molar-refractivity contribution is -0.127. The van der Waals surface area contributed by atoms with Gasteiger partial charge in [-0.1, -0.05) is 19.3 Å². The molecule has 0 aromatic rings.